The second-order valence-electron chi connectivity index (χ2n) is 8.69. The zero-order chi connectivity index (χ0) is 19.5. The molecular weight excluding hydrogens is 348 g/mol. The van der Waals surface area contributed by atoms with Gasteiger partial charge in [-0.25, -0.2) is 0 Å². The molecule has 3 heterocycles. The highest BCUT2D eigenvalue weighted by Gasteiger charge is 2.57. The summed E-state index contributed by atoms with van der Waals surface area (Å²) in [6.07, 6.45) is 6.02. The molecule has 3 aliphatic rings. The van der Waals surface area contributed by atoms with Crippen LogP contribution in [0.25, 0.3) is 6.08 Å². The van der Waals surface area contributed by atoms with Crippen LogP contribution in [0.1, 0.15) is 43.9 Å². The summed E-state index contributed by atoms with van der Waals surface area (Å²) in [5, 5.41) is 3.33. The van der Waals surface area contributed by atoms with Gasteiger partial charge in [0.05, 0.1) is 0 Å². The number of benzene rings is 2. The predicted octanol–water partition coefficient (Wildman–Crippen LogP) is 4.04. The maximum absolute atomic E-state index is 12.5. The Labute approximate surface area is 166 Å². The van der Waals surface area contributed by atoms with Crippen LogP contribution < -0.4 is 15.0 Å². The molecule has 4 heteroatoms. The number of para-hydroxylation sites is 1. The molecule has 2 aromatic rings. The molecule has 0 saturated carbocycles. The van der Waals surface area contributed by atoms with Gasteiger partial charge in [0.1, 0.15) is 17.5 Å². The summed E-state index contributed by atoms with van der Waals surface area (Å²) in [5.41, 5.74) is 4.02. The number of carbonyl (C=O) groups excluding carboxylic acids is 1. The minimum absolute atomic E-state index is 0.105. The highest BCUT2D eigenvalue weighted by atomic mass is 16.5. The van der Waals surface area contributed by atoms with E-state index in [9.17, 15) is 4.79 Å². The number of rotatable bonds is 2. The van der Waals surface area contributed by atoms with Gasteiger partial charge in [-0.1, -0.05) is 50.3 Å². The van der Waals surface area contributed by atoms with Crippen molar-refractivity contribution >= 4 is 17.7 Å². The molecular formula is C24H26N2O2. The highest BCUT2D eigenvalue weighted by molar-refractivity contribution is 5.84. The Morgan fingerprint density at radius 3 is 2.89 bits per heavy atom. The fraction of sp³-hybridized carbons (Fsp3) is 0.375. The van der Waals surface area contributed by atoms with E-state index in [1.165, 1.54) is 16.8 Å². The molecule has 2 aromatic carbocycles. The van der Waals surface area contributed by atoms with Gasteiger partial charge in [0.25, 0.3) is 0 Å². The van der Waals surface area contributed by atoms with Gasteiger partial charge in [-0.15, -0.1) is 0 Å². The molecule has 0 spiro atoms. The van der Waals surface area contributed by atoms with Crippen LogP contribution in [0, 0.1) is 0 Å². The number of nitrogens with one attached hydrogen (secondary N) is 1. The van der Waals surface area contributed by atoms with Gasteiger partial charge >= 0.3 is 0 Å². The quantitative estimate of drug-likeness (QED) is 0.863. The topological polar surface area (TPSA) is 41.6 Å². The third kappa shape index (κ3) is 2.33. The molecule has 0 aromatic heterocycles. The van der Waals surface area contributed by atoms with E-state index in [4.69, 9.17) is 4.74 Å². The van der Waals surface area contributed by atoms with Crippen LogP contribution in [0.5, 0.6) is 5.75 Å². The van der Waals surface area contributed by atoms with E-state index in [1.807, 2.05) is 0 Å². The van der Waals surface area contributed by atoms with Gasteiger partial charge in [-0.05, 0) is 41.8 Å². The van der Waals surface area contributed by atoms with E-state index in [0.29, 0.717) is 6.42 Å². The van der Waals surface area contributed by atoms with Crippen LogP contribution in [0.4, 0.5) is 5.69 Å². The van der Waals surface area contributed by atoms with E-state index in [-0.39, 0.29) is 17.4 Å². The smallest absolute Gasteiger partial charge is 0.223 e. The van der Waals surface area contributed by atoms with E-state index in [0.717, 1.165) is 24.3 Å². The minimum Gasteiger partial charge on any atom is -0.490 e. The van der Waals surface area contributed by atoms with E-state index in [1.54, 1.807) is 0 Å². The number of amides is 1. The predicted molar refractivity (Wildman–Crippen MR) is 112 cm³/mol. The number of carbonyl (C=O) groups is 1. The van der Waals surface area contributed by atoms with Crippen molar-refractivity contribution in [2.75, 3.05) is 11.4 Å². The Morgan fingerprint density at radius 2 is 2.04 bits per heavy atom. The van der Waals surface area contributed by atoms with Crippen LogP contribution in [0.15, 0.2) is 48.5 Å². The first-order valence-corrected chi connectivity index (χ1v) is 10.1. The number of hydrogen-bond acceptors (Lipinski definition) is 3. The van der Waals surface area contributed by atoms with Crippen molar-refractivity contribution in [1.29, 1.82) is 0 Å². The third-order valence-corrected chi connectivity index (χ3v) is 6.58. The van der Waals surface area contributed by atoms with Crippen molar-refractivity contribution in [3.05, 3.63) is 65.2 Å². The molecule has 28 heavy (non-hydrogen) atoms. The maximum atomic E-state index is 12.5. The van der Waals surface area contributed by atoms with Crippen LogP contribution in [0.3, 0.4) is 0 Å². The van der Waals surface area contributed by atoms with E-state index < -0.39 is 5.66 Å². The Bertz CT molecular complexity index is 994. The van der Waals surface area contributed by atoms with Gasteiger partial charge in [0.15, 0.2) is 0 Å². The van der Waals surface area contributed by atoms with Crippen molar-refractivity contribution in [2.45, 2.75) is 50.8 Å². The lowest BCUT2D eigenvalue weighted by Crippen LogP contribution is -2.68. The third-order valence-electron chi connectivity index (χ3n) is 6.58. The molecule has 144 valence electrons. The monoisotopic (exact) mass is 374 g/mol. The van der Waals surface area contributed by atoms with Crippen LogP contribution in [-0.2, 0) is 16.6 Å². The van der Waals surface area contributed by atoms with Gasteiger partial charge in [0.2, 0.25) is 5.91 Å². The molecule has 0 aliphatic carbocycles. The summed E-state index contributed by atoms with van der Waals surface area (Å²) >= 11 is 0. The first kappa shape index (κ1) is 17.4. The summed E-state index contributed by atoms with van der Waals surface area (Å²) < 4.78 is 5.92. The second kappa shape index (κ2) is 5.87. The summed E-state index contributed by atoms with van der Waals surface area (Å²) in [4.78, 5) is 14.8. The van der Waals surface area contributed by atoms with Crippen molar-refractivity contribution in [3.8, 4) is 5.75 Å². The molecule has 1 N–H and O–H groups in total. The fourth-order valence-corrected chi connectivity index (χ4v) is 5.06. The largest absolute Gasteiger partial charge is 0.490 e. The first-order valence-electron chi connectivity index (χ1n) is 10.1. The molecule has 1 fully saturated rings. The van der Waals surface area contributed by atoms with E-state index in [2.05, 4.69) is 85.6 Å². The van der Waals surface area contributed by atoms with Crippen LogP contribution >= 0.6 is 0 Å². The lowest BCUT2D eigenvalue weighted by atomic mass is 9.74. The minimum atomic E-state index is -0.570. The zero-order valence-corrected chi connectivity index (χ0v) is 16.7. The van der Waals surface area contributed by atoms with Crippen molar-refractivity contribution in [1.82, 2.24) is 5.32 Å². The molecule has 3 aliphatic heterocycles. The summed E-state index contributed by atoms with van der Waals surface area (Å²) in [6, 6.07) is 14.9. The van der Waals surface area contributed by atoms with Gasteiger partial charge < -0.3 is 15.0 Å². The number of fused-ring (bicyclic) bond motifs is 4. The SMILES string of the molecule is C[C@@H]1Cc2ccc(/C=C/[C@]34NC(=O)CCN3c3ccccc3C4(C)C)cc2O1. The molecule has 4 nitrogen and oxygen atoms in total. The fourth-order valence-electron chi connectivity index (χ4n) is 5.06. The van der Waals surface area contributed by atoms with Gasteiger partial charge in [0, 0.05) is 30.5 Å². The van der Waals surface area contributed by atoms with Crippen LogP contribution in [-0.4, -0.2) is 24.2 Å². The molecule has 1 saturated heterocycles. The average Bonchev–Trinajstić information content (AvgIpc) is 3.13. The second-order valence-corrected chi connectivity index (χ2v) is 8.69. The Hall–Kier alpha value is -2.75. The Balaban J connectivity index is 1.58. The molecule has 0 radical (unpaired) electrons. The van der Waals surface area contributed by atoms with Gasteiger partial charge in [-0.3, -0.25) is 4.79 Å². The summed E-state index contributed by atoms with van der Waals surface area (Å²) in [6.45, 7) is 7.26. The molecule has 5 rings (SSSR count). The van der Waals surface area contributed by atoms with E-state index >= 15 is 0 Å². The highest BCUT2D eigenvalue weighted by Crippen LogP contribution is 2.52. The van der Waals surface area contributed by atoms with Gasteiger partial charge in [-0.2, -0.15) is 0 Å². The van der Waals surface area contributed by atoms with Crippen molar-refractivity contribution in [3.63, 3.8) is 0 Å². The number of anilines is 1. The Kier molecular flexibility index (Phi) is 3.64. The number of nitrogens with zero attached hydrogens (tertiary/aromatic N) is 1. The molecule has 0 unspecified atom stereocenters. The summed E-state index contributed by atoms with van der Waals surface area (Å²) in [5.74, 6) is 1.08. The normalized spacial score (nSPS) is 27.2. The Morgan fingerprint density at radius 1 is 1.21 bits per heavy atom. The number of hydrogen-bond donors (Lipinski definition) is 1. The van der Waals surface area contributed by atoms with Crippen molar-refractivity contribution in [2.24, 2.45) is 0 Å². The van der Waals surface area contributed by atoms with Crippen molar-refractivity contribution < 1.29 is 9.53 Å². The summed E-state index contributed by atoms with van der Waals surface area (Å²) in [7, 11) is 0. The lowest BCUT2D eigenvalue weighted by Gasteiger charge is -2.49. The molecule has 2 atom stereocenters. The zero-order valence-electron chi connectivity index (χ0n) is 16.7. The molecule has 0 bridgehead atoms. The average molecular weight is 374 g/mol. The molecule has 1 amide bonds. The first-order chi connectivity index (χ1) is 13.4. The maximum Gasteiger partial charge on any atom is 0.223 e. The standard InChI is InChI=1S/C24H26N2O2/c1-16-14-18-9-8-17(15-21(18)28-16)10-12-24-23(2,3)19-6-4-5-7-20(19)26(24)13-11-22(27)25-24/h4-10,12,15-16H,11,13-14H2,1-3H3,(H,25,27)/b12-10+/t16-,24+/m1/s1. The number of ether oxygens (including phenoxy) is 1. The lowest BCUT2D eigenvalue weighted by molar-refractivity contribution is -0.124. The van der Waals surface area contributed by atoms with Crippen LogP contribution in [0.2, 0.25) is 0 Å².